The monoisotopic (exact) mass is 385 g/mol. The number of hydrogen-bond donors (Lipinski definition) is 2. The molecule has 0 saturated heterocycles. The minimum atomic E-state index is -0.347. The van der Waals surface area contributed by atoms with Gasteiger partial charge in [0.2, 0.25) is 5.95 Å². The molecule has 6 nitrogen and oxygen atoms in total. The van der Waals surface area contributed by atoms with E-state index in [4.69, 9.17) is 0 Å². The Hall–Kier alpha value is -2.70. The lowest BCUT2D eigenvalue weighted by molar-refractivity contribution is 0.0943. The molecule has 28 heavy (non-hydrogen) atoms. The molecule has 0 atom stereocenters. The van der Waals surface area contributed by atoms with E-state index >= 15 is 0 Å². The number of carbonyl (C=O) groups excluding carboxylic acids is 1. The summed E-state index contributed by atoms with van der Waals surface area (Å²) in [6.45, 7) is 2.30. The van der Waals surface area contributed by atoms with E-state index in [1.54, 1.807) is 25.3 Å². The molecule has 1 aliphatic carbocycles. The minimum Gasteiger partial charge on any atom is -0.363 e. The van der Waals surface area contributed by atoms with E-state index in [2.05, 4.69) is 20.6 Å². The van der Waals surface area contributed by atoms with Crippen molar-refractivity contribution in [2.45, 2.75) is 38.6 Å². The van der Waals surface area contributed by atoms with Gasteiger partial charge in [0.1, 0.15) is 11.6 Å². The predicted molar refractivity (Wildman–Crippen MR) is 109 cm³/mol. The molecule has 0 spiro atoms. The third-order valence-electron chi connectivity index (χ3n) is 5.26. The molecule has 1 fully saturated rings. The molecule has 1 aromatic carbocycles. The summed E-state index contributed by atoms with van der Waals surface area (Å²) in [5.74, 6) is 1.41. The van der Waals surface area contributed by atoms with Crippen LogP contribution in [0.2, 0.25) is 0 Å². The van der Waals surface area contributed by atoms with Gasteiger partial charge in [-0.15, -0.1) is 0 Å². The SMILES string of the molecule is Cc1ccc(C(=O)NC[C@H]2CC[C@@H](Nc3nccc(N(C)C)n3)CC2)cc1F. The predicted octanol–water partition coefficient (Wildman–Crippen LogP) is 3.39. The Bertz CT molecular complexity index is 818. The Morgan fingerprint density at radius 3 is 2.64 bits per heavy atom. The van der Waals surface area contributed by atoms with Gasteiger partial charge in [-0.1, -0.05) is 6.07 Å². The maximum atomic E-state index is 13.6. The molecule has 150 valence electrons. The maximum absolute atomic E-state index is 13.6. The van der Waals surface area contributed by atoms with Crippen molar-refractivity contribution in [2.75, 3.05) is 30.9 Å². The van der Waals surface area contributed by atoms with Gasteiger partial charge in [0.05, 0.1) is 0 Å². The summed E-state index contributed by atoms with van der Waals surface area (Å²) in [6, 6.07) is 6.82. The smallest absolute Gasteiger partial charge is 0.251 e. The maximum Gasteiger partial charge on any atom is 0.251 e. The molecule has 0 bridgehead atoms. The van der Waals surface area contributed by atoms with E-state index in [-0.39, 0.29) is 11.7 Å². The highest BCUT2D eigenvalue weighted by Gasteiger charge is 2.22. The second kappa shape index (κ2) is 8.99. The van der Waals surface area contributed by atoms with Gasteiger partial charge in [-0.2, -0.15) is 4.98 Å². The van der Waals surface area contributed by atoms with Crippen LogP contribution in [0.15, 0.2) is 30.5 Å². The normalized spacial score (nSPS) is 19.1. The molecule has 1 amide bonds. The molecule has 0 unspecified atom stereocenters. The summed E-state index contributed by atoms with van der Waals surface area (Å²) < 4.78 is 13.6. The Kier molecular flexibility index (Phi) is 6.44. The average Bonchev–Trinajstić information content (AvgIpc) is 2.69. The van der Waals surface area contributed by atoms with E-state index in [0.717, 1.165) is 31.5 Å². The van der Waals surface area contributed by atoms with Crippen molar-refractivity contribution in [1.82, 2.24) is 15.3 Å². The van der Waals surface area contributed by atoms with Crippen molar-refractivity contribution in [3.8, 4) is 0 Å². The molecule has 0 radical (unpaired) electrons. The van der Waals surface area contributed by atoms with Gasteiger partial charge in [-0.3, -0.25) is 4.79 Å². The number of nitrogens with one attached hydrogen (secondary N) is 2. The first-order valence-corrected chi connectivity index (χ1v) is 9.73. The highest BCUT2D eigenvalue weighted by molar-refractivity contribution is 5.94. The number of amides is 1. The number of carbonyl (C=O) groups is 1. The van der Waals surface area contributed by atoms with Crippen molar-refractivity contribution < 1.29 is 9.18 Å². The summed E-state index contributed by atoms with van der Waals surface area (Å²) >= 11 is 0. The fraction of sp³-hybridized carbons (Fsp3) is 0.476. The van der Waals surface area contributed by atoms with Crippen molar-refractivity contribution >= 4 is 17.7 Å². The molecule has 1 aliphatic rings. The molecule has 2 aromatic rings. The Labute approximate surface area is 165 Å². The molecular formula is C21H28FN5O. The molecule has 0 aliphatic heterocycles. The summed E-state index contributed by atoms with van der Waals surface area (Å²) in [5, 5.41) is 6.36. The van der Waals surface area contributed by atoms with Crippen molar-refractivity contribution in [3.05, 3.63) is 47.4 Å². The number of nitrogens with zero attached hydrogens (tertiary/aromatic N) is 3. The zero-order valence-electron chi connectivity index (χ0n) is 16.7. The van der Waals surface area contributed by atoms with Crippen LogP contribution in [0, 0.1) is 18.7 Å². The van der Waals surface area contributed by atoms with Crippen molar-refractivity contribution in [1.29, 1.82) is 0 Å². The zero-order chi connectivity index (χ0) is 20.1. The molecule has 2 N–H and O–H groups in total. The molecule has 1 heterocycles. The highest BCUT2D eigenvalue weighted by Crippen LogP contribution is 2.26. The third kappa shape index (κ3) is 5.18. The van der Waals surface area contributed by atoms with Gasteiger partial charge < -0.3 is 15.5 Å². The Balaban J connectivity index is 1.44. The number of hydrogen-bond acceptors (Lipinski definition) is 5. The minimum absolute atomic E-state index is 0.215. The van der Waals surface area contributed by atoms with Crippen LogP contribution >= 0.6 is 0 Å². The van der Waals surface area contributed by atoms with E-state index in [9.17, 15) is 9.18 Å². The van der Waals surface area contributed by atoms with E-state index < -0.39 is 0 Å². The van der Waals surface area contributed by atoms with Gasteiger partial charge in [-0.05, 0) is 62.3 Å². The van der Waals surface area contributed by atoms with Gasteiger partial charge in [0.15, 0.2) is 0 Å². The van der Waals surface area contributed by atoms with Crippen LogP contribution in [0.5, 0.6) is 0 Å². The van der Waals surface area contributed by atoms with Crippen LogP contribution in [-0.2, 0) is 0 Å². The van der Waals surface area contributed by atoms with Crippen molar-refractivity contribution in [3.63, 3.8) is 0 Å². The highest BCUT2D eigenvalue weighted by atomic mass is 19.1. The topological polar surface area (TPSA) is 70.2 Å². The van der Waals surface area contributed by atoms with Gasteiger partial charge in [-0.25, -0.2) is 9.37 Å². The van der Waals surface area contributed by atoms with Crippen LogP contribution in [-0.4, -0.2) is 42.6 Å². The number of aryl methyl sites for hydroxylation is 1. The Morgan fingerprint density at radius 1 is 1.21 bits per heavy atom. The first kappa shape index (κ1) is 20.0. The first-order chi connectivity index (χ1) is 13.4. The second-order valence-corrected chi connectivity index (χ2v) is 7.67. The second-order valence-electron chi connectivity index (χ2n) is 7.67. The molecule has 7 heteroatoms. The van der Waals surface area contributed by atoms with E-state index in [1.165, 1.54) is 6.07 Å². The van der Waals surface area contributed by atoms with E-state index in [1.807, 2.05) is 25.1 Å². The van der Waals surface area contributed by atoms with Crippen LogP contribution in [0.4, 0.5) is 16.2 Å². The molecule has 3 rings (SSSR count). The number of anilines is 2. The largest absolute Gasteiger partial charge is 0.363 e. The fourth-order valence-corrected chi connectivity index (χ4v) is 3.43. The van der Waals surface area contributed by atoms with E-state index in [0.29, 0.717) is 35.6 Å². The van der Waals surface area contributed by atoms with Crippen LogP contribution in [0.25, 0.3) is 0 Å². The Morgan fingerprint density at radius 2 is 1.96 bits per heavy atom. The molecule has 1 aromatic heterocycles. The van der Waals surface area contributed by atoms with Gasteiger partial charge in [0.25, 0.3) is 5.91 Å². The number of rotatable bonds is 6. The number of benzene rings is 1. The lowest BCUT2D eigenvalue weighted by Gasteiger charge is -2.29. The lowest BCUT2D eigenvalue weighted by Crippen LogP contribution is -2.34. The number of halogens is 1. The van der Waals surface area contributed by atoms with Gasteiger partial charge in [0, 0.05) is 38.4 Å². The van der Waals surface area contributed by atoms with Gasteiger partial charge >= 0.3 is 0 Å². The summed E-state index contributed by atoms with van der Waals surface area (Å²) in [4.78, 5) is 23.0. The number of aromatic nitrogens is 2. The standard InChI is InChI=1S/C21H28FN5O/c1-14-4-7-16(12-18(14)22)20(28)24-13-15-5-8-17(9-6-15)25-21-23-11-10-19(26-21)27(2)3/h4,7,10-12,15,17H,5-6,8-9,13H2,1-3H3,(H,24,28)(H,23,25,26)/t15-,17+. The third-order valence-corrected chi connectivity index (χ3v) is 5.26. The zero-order valence-corrected chi connectivity index (χ0v) is 16.7. The summed E-state index contributed by atoms with van der Waals surface area (Å²) in [5.41, 5.74) is 0.916. The van der Waals surface area contributed by atoms with Crippen LogP contribution in [0.1, 0.15) is 41.6 Å². The first-order valence-electron chi connectivity index (χ1n) is 9.73. The fourth-order valence-electron chi connectivity index (χ4n) is 3.43. The quantitative estimate of drug-likeness (QED) is 0.798. The summed E-state index contributed by atoms with van der Waals surface area (Å²) in [6.07, 6.45) is 5.82. The average molecular weight is 385 g/mol. The molecule has 1 saturated carbocycles. The molecular weight excluding hydrogens is 357 g/mol. The van der Waals surface area contributed by atoms with Crippen molar-refractivity contribution in [2.24, 2.45) is 5.92 Å². The lowest BCUT2D eigenvalue weighted by atomic mass is 9.86. The van der Waals surface area contributed by atoms with Crippen LogP contribution in [0.3, 0.4) is 0 Å². The summed E-state index contributed by atoms with van der Waals surface area (Å²) in [7, 11) is 3.91. The van der Waals surface area contributed by atoms with Crippen LogP contribution < -0.4 is 15.5 Å².